The molecule has 0 heterocycles. The van der Waals surface area contributed by atoms with Crippen molar-refractivity contribution in [2.45, 2.75) is 19.4 Å². The maximum absolute atomic E-state index is 10.5. The molecule has 0 fully saturated rings. The van der Waals surface area contributed by atoms with Gasteiger partial charge in [-0.15, -0.1) is 0 Å². The number of hydrogen-bond acceptors (Lipinski definition) is 4. The number of aryl methyl sites for hydroxylation is 1. The number of aliphatic hydroxyl groups excluding tert-OH is 1. The molecule has 5 nitrogen and oxygen atoms in total. The van der Waals surface area contributed by atoms with Crippen molar-refractivity contribution in [3.63, 3.8) is 0 Å². The Hall–Kier alpha value is -1.59. The van der Waals surface area contributed by atoms with E-state index in [9.17, 15) is 9.90 Å². The molecule has 100 valence electrons. The number of aliphatic hydroxyl groups is 1. The summed E-state index contributed by atoms with van der Waals surface area (Å²) in [7, 11) is 0. The first-order valence-electron chi connectivity index (χ1n) is 5.94. The maximum atomic E-state index is 10.5. The number of rotatable bonds is 8. The van der Waals surface area contributed by atoms with Gasteiger partial charge < -0.3 is 20.9 Å². The van der Waals surface area contributed by atoms with E-state index in [1.54, 1.807) is 0 Å². The molecule has 0 aliphatic heterocycles. The minimum absolute atomic E-state index is 0.215. The summed E-state index contributed by atoms with van der Waals surface area (Å²) in [6.07, 6.45) is -0.342. The average Bonchev–Trinajstić information content (AvgIpc) is 2.34. The van der Waals surface area contributed by atoms with Crippen LogP contribution in [0.5, 0.6) is 5.75 Å². The number of hydrogen-bond donors (Lipinski definition) is 3. The highest BCUT2D eigenvalue weighted by molar-refractivity contribution is 5.73. The molecule has 1 aromatic rings. The zero-order chi connectivity index (χ0) is 13.4. The minimum atomic E-state index is -0.612. The molecule has 0 saturated heterocycles. The molecular formula is C13H20N2O3. The summed E-state index contributed by atoms with van der Waals surface area (Å²) in [6, 6.07) is 7.63. The smallest absolute Gasteiger partial charge is 0.218 e. The van der Waals surface area contributed by atoms with Crippen LogP contribution in [-0.4, -0.2) is 36.8 Å². The van der Waals surface area contributed by atoms with Crippen molar-refractivity contribution in [1.29, 1.82) is 0 Å². The monoisotopic (exact) mass is 252 g/mol. The van der Waals surface area contributed by atoms with Crippen LogP contribution in [0.15, 0.2) is 24.3 Å². The van der Waals surface area contributed by atoms with Crippen molar-refractivity contribution < 1.29 is 14.6 Å². The van der Waals surface area contributed by atoms with Gasteiger partial charge in [-0.05, 0) is 19.1 Å². The van der Waals surface area contributed by atoms with Gasteiger partial charge in [-0.25, -0.2) is 0 Å². The molecule has 0 bridgehead atoms. The maximum Gasteiger partial charge on any atom is 0.218 e. The van der Waals surface area contributed by atoms with Crippen LogP contribution in [-0.2, 0) is 4.79 Å². The third kappa shape index (κ3) is 6.22. The zero-order valence-electron chi connectivity index (χ0n) is 10.6. The number of carbonyl (C=O) groups is 1. The number of nitrogens with two attached hydrogens (primary N) is 1. The molecule has 18 heavy (non-hydrogen) atoms. The largest absolute Gasteiger partial charge is 0.491 e. The van der Waals surface area contributed by atoms with Gasteiger partial charge in [-0.3, -0.25) is 4.79 Å². The molecular weight excluding hydrogens is 232 g/mol. The van der Waals surface area contributed by atoms with Crippen LogP contribution in [0.25, 0.3) is 0 Å². The lowest BCUT2D eigenvalue weighted by molar-refractivity contribution is -0.117. The normalized spacial score (nSPS) is 12.1. The molecule has 4 N–H and O–H groups in total. The van der Waals surface area contributed by atoms with Gasteiger partial charge in [-0.2, -0.15) is 0 Å². The summed E-state index contributed by atoms with van der Waals surface area (Å²) in [6.45, 7) is 3.06. The van der Waals surface area contributed by atoms with Gasteiger partial charge in [0.1, 0.15) is 18.5 Å². The molecule has 1 unspecified atom stereocenters. The van der Waals surface area contributed by atoms with Gasteiger partial charge in [0, 0.05) is 19.5 Å². The molecule has 0 aliphatic carbocycles. The first kappa shape index (κ1) is 14.5. The van der Waals surface area contributed by atoms with E-state index in [4.69, 9.17) is 10.5 Å². The van der Waals surface area contributed by atoms with Gasteiger partial charge in [0.25, 0.3) is 0 Å². The van der Waals surface area contributed by atoms with Crippen molar-refractivity contribution in [2.75, 3.05) is 19.7 Å². The lowest BCUT2D eigenvalue weighted by Gasteiger charge is -2.13. The summed E-state index contributed by atoms with van der Waals surface area (Å²) in [5, 5.41) is 12.6. The van der Waals surface area contributed by atoms with E-state index in [0.717, 1.165) is 11.3 Å². The van der Waals surface area contributed by atoms with Gasteiger partial charge in [0.15, 0.2) is 0 Å². The van der Waals surface area contributed by atoms with Crippen LogP contribution in [0.4, 0.5) is 0 Å². The summed E-state index contributed by atoms with van der Waals surface area (Å²) < 4.78 is 5.42. The second kappa shape index (κ2) is 7.68. The lowest BCUT2D eigenvalue weighted by Crippen LogP contribution is -2.33. The van der Waals surface area contributed by atoms with Crippen LogP contribution >= 0.6 is 0 Å². The fraction of sp³-hybridized carbons (Fsp3) is 0.462. The second-order valence-electron chi connectivity index (χ2n) is 4.20. The van der Waals surface area contributed by atoms with Crippen LogP contribution in [0, 0.1) is 6.92 Å². The number of amides is 1. The molecule has 0 saturated carbocycles. The second-order valence-corrected chi connectivity index (χ2v) is 4.20. The van der Waals surface area contributed by atoms with E-state index < -0.39 is 6.10 Å². The zero-order valence-corrected chi connectivity index (χ0v) is 10.6. The molecule has 1 rings (SSSR count). The van der Waals surface area contributed by atoms with E-state index in [1.165, 1.54) is 0 Å². The molecule has 0 spiro atoms. The quantitative estimate of drug-likeness (QED) is 0.577. The van der Waals surface area contributed by atoms with Crippen molar-refractivity contribution in [3.8, 4) is 5.75 Å². The molecule has 1 amide bonds. The SMILES string of the molecule is Cc1ccc(OCC(O)CNCCC(N)=O)cc1. The van der Waals surface area contributed by atoms with Gasteiger partial charge in [0.2, 0.25) is 5.91 Å². The molecule has 0 aliphatic rings. The van der Waals surface area contributed by atoms with Gasteiger partial charge in [0.05, 0.1) is 0 Å². The summed E-state index contributed by atoms with van der Waals surface area (Å²) in [4.78, 5) is 10.5. The fourth-order valence-corrected chi connectivity index (χ4v) is 1.37. The molecule has 0 aromatic heterocycles. The summed E-state index contributed by atoms with van der Waals surface area (Å²) in [5.41, 5.74) is 6.15. The van der Waals surface area contributed by atoms with Crippen molar-refractivity contribution >= 4 is 5.91 Å². The first-order valence-corrected chi connectivity index (χ1v) is 5.94. The number of primary amides is 1. The first-order chi connectivity index (χ1) is 8.58. The number of carbonyl (C=O) groups excluding carboxylic acids is 1. The van der Waals surface area contributed by atoms with Crippen LogP contribution in [0.1, 0.15) is 12.0 Å². The van der Waals surface area contributed by atoms with E-state index in [2.05, 4.69) is 5.32 Å². The number of nitrogens with one attached hydrogen (secondary N) is 1. The third-order valence-electron chi connectivity index (χ3n) is 2.39. The molecule has 1 aromatic carbocycles. The van der Waals surface area contributed by atoms with Gasteiger partial charge in [-0.1, -0.05) is 17.7 Å². The standard InChI is InChI=1S/C13H20N2O3/c1-10-2-4-12(5-3-10)18-9-11(16)8-15-7-6-13(14)17/h2-5,11,15-16H,6-9H2,1H3,(H2,14,17). The topological polar surface area (TPSA) is 84.6 Å². The average molecular weight is 252 g/mol. The Morgan fingerprint density at radius 3 is 2.72 bits per heavy atom. The summed E-state index contributed by atoms with van der Waals surface area (Å²) >= 11 is 0. The molecule has 1 atom stereocenters. The Morgan fingerprint density at radius 2 is 2.11 bits per heavy atom. The Morgan fingerprint density at radius 1 is 1.44 bits per heavy atom. The number of ether oxygens (including phenoxy) is 1. The van der Waals surface area contributed by atoms with E-state index in [1.807, 2.05) is 31.2 Å². The van der Waals surface area contributed by atoms with E-state index >= 15 is 0 Å². The predicted octanol–water partition coefficient (Wildman–Crippen LogP) is 0.200. The molecule has 5 heteroatoms. The van der Waals surface area contributed by atoms with E-state index in [-0.39, 0.29) is 18.9 Å². The predicted molar refractivity (Wildman–Crippen MR) is 69.4 cm³/mol. The highest BCUT2D eigenvalue weighted by Gasteiger charge is 2.05. The Balaban J connectivity index is 2.14. The number of benzene rings is 1. The van der Waals surface area contributed by atoms with Crippen LogP contribution < -0.4 is 15.8 Å². The Labute approximate surface area is 107 Å². The Kier molecular flexibility index (Phi) is 6.18. The van der Waals surface area contributed by atoms with Crippen LogP contribution in [0.3, 0.4) is 0 Å². The summed E-state index contributed by atoms with van der Waals surface area (Å²) in [5.74, 6) is 0.379. The van der Waals surface area contributed by atoms with Crippen LogP contribution in [0.2, 0.25) is 0 Å². The van der Waals surface area contributed by atoms with Crippen molar-refractivity contribution in [2.24, 2.45) is 5.73 Å². The highest BCUT2D eigenvalue weighted by Crippen LogP contribution is 2.11. The molecule has 0 radical (unpaired) electrons. The minimum Gasteiger partial charge on any atom is -0.491 e. The lowest BCUT2D eigenvalue weighted by atomic mass is 10.2. The van der Waals surface area contributed by atoms with Crippen molar-refractivity contribution in [3.05, 3.63) is 29.8 Å². The van der Waals surface area contributed by atoms with Gasteiger partial charge >= 0.3 is 0 Å². The Bertz CT molecular complexity index is 365. The third-order valence-corrected chi connectivity index (χ3v) is 2.39. The highest BCUT2D eigenvalue weighted by atomic mass is 16.5. The van der Waals surface area contributed by atoms with Crippen molar-refractivity contribution in [1.82, 2.24) is 5.32 Å². The van der Waals surface area contributed by atoms with E-state index in [0.29, 0.717) is 13.1 Å². The fourth-order valence-electron chi connectivity index (χ4n) is 1.37.